The van der Waals surface area contributed by atoms with Crippen molar-refractivity contribution in [3.8, 4) is 0 Å². The van der Waals surface area contributed by atoms with Gasteiger partial charge in [-0.25, -0.2) is 0 Å². The Balaban J connectivity index is 2.11. The Morgan fingerprint density at radius 2 is 1.86 bits per heavy atom. The molecule has 0 aliphatic carbocycles. The highest BCUT2D eigenvalue weighted by molar-refractivity contribution is 6.06. The van der Waals surface area contributed by atoms with E-state index in [0.717, 1.165) is 0 Å². The van der Waals surface area contributed by atoms with E-state index < -0.39 is 0 Å². The Morgan fingerprint density at radius 3 is 2.29 bits per heavy atom. The van der Waals surface area contributed by atoms with Gasteiger partial charge in [0.05, 0.1) is 18.4 Å². The molecule has 2 fully saturated rings. The van der Waals surface area contributed by atoms with Gasteiger partial charge >= 0.3 is 0 Å². The lowest BCUT2D eigenvalue weighted by molar-refractivity contribution is -0.130. The van der Waals surface area contributed by atoms with Crippen molar-refractivity contribution in [2.24, 2.45) is 17.6 Å². The quantitative estimate of drug-likeness (QED) is 0.461. The maximum atomic E-state index is 11.2. The van der Waals surface area contributed by atoms with Crippen LogP contribution in [-0.4, -0.2) is 42.3 Å². The molecular formula is C8H11N3O3. The average Bonchev–Trinajstić information content (AvgIpc) is 2.69. The molecule has 2 rings (SSSR count). The number of nitrogens with zero attached hydrogens (tertiary/aromatic N) is 1. The van der Waals surface area contributed by atoms with Crippen molar-refractivity contribution in [2.45, 2.75) is 0 Å². The summed E-state index contributed by atoms with van der Waals surface area (Å²) in [6.07, 6.45) is 0. The van der Waals surface area contributed by atoms with E-state index in [1.165, 1.54) is 4.90 Å². The summed E-state index contributed by atoms with van der Waals surface area (Å²) in [6, 6.07) is 0. The van der Waals surface area contributed by atoms with Crippen LogP contribution in [0.2, 0.25) is 0 Å². The highest BCUT2D eigenvalue weighted by Gasteiger charge is 2.48. The molecule has 0 radical (unpaired) electrons. The third kappa shape index (κ3) is 1.19. The van der Waals surface area contributed by atoms with E-state index in [4.69, 9.17) is 5.73 Å². The Morgan fingerprint density at radius 1 is 1.36 bits per heavy atom. The molecule has 2 aliphatic rings. The number of rotatable bonds is 1. The van der Waals surface area contributed by atoms with Gasteiger partial charge in [-0.15, -0.1) is 0 Å². The topological polar surface area (TPSA) is 92.5 Å². The molecule has 3 N–H and O–H groups in total. The Bertz CT molecular complexity index is 293. The van der Waals surface area contributed by atoms with Gasteiger partial charge in [0, 0.05) is 13.1 Å². The molecule has 76 valence electrons. The summed E-state index contributed by atoms with van der Waals surface area (Å²) in [7, 11) is 0. The van der Waals surface area contributed by atoms with Gasteiger partial charge in [0.2, 0.25) is 17.7 Å². The van der Waals surface area contributed by atoms with Crippen LogP contribution < -0.4 is 11.1 Å². The van der Waals surface area contributed by atoms with Crippen molar-refractivity contribution in [3.05, 3.63) is 0 Å². The molecule has 6 nitrogen and oxygen atoms in total. The highest BCUT2D eigenvalue weighted by Crippen LogP contribution is 2.27. The van der Waals surface area contributed by atoms with Crippen LogP contribution in [0.15, 0.2) is 0 Å². The number of carbonyl (C=O) groups is 3. The smallest absolute Gasteiger partial charge is 0.236 e. The van der Waals surface area contributed by atoms with E-state index in [0.29, 0.717) is 13.1 Å². The first-order valence-electron chi connectivity index (χ1n) is 4.46. The number of hydrogen-bond acceptors (Lipinski definition) is 4. The number of carbonyl (C=O) groups excluding carboxylic acids is 3. The summed E-state index contributed by atoms with van der Waals surface area (Å²) >= 11 is 0. The predicted octanol–water partition coefficient (Wildman–Crippen LogP) is -2.32. The third-order valence-corrected chi connectivity index (χ3v) is 2.77. The van der Waals surface area contributed by atoms with Crippen molar-refractivity contribution in [1.82, 2.24) is 10.2 Å². The number of fused-ring (bicyclic) bond motifs is 1. The van der Waals surface area contributed by atoms with E-state index in [-0.39, 0.29) is 36.1 Å². The van der Waals surface area contributed by atoms with E-state index in [1.54, 1.807) is 0 Å². The summed E-state index contributed by atoms with van der Waals surface area (Å²) in [4.78, 5) is 35.1. The number of nitrogens with two attached hydrogens (primary N) is 1. The van der Waals surface area contributed by atoms with Crippen LogP contribution in [0.3, 0.4) is 0 Å². The molecule has 0 spiro atoms. The summed E-state index contributed by atoms with van der Waals surface area (Å²) in [5.41, 5.74) is 5.19. The van der Waals surface area contributed by atoms with Gasteiger partial charge in [-0.2, -0.15) is 0 Å². The first kappa shape index (κ1) is 9.14. The maximum absolute atomic E-state index is 11.2. The molecule has 0 aromatic heterocycles. The fraction of sp³-hybridized carbons (Fsp3) is 0.625. The summed E-state index contributed by atoms with van der Waals surface area (Å²) in [5, 5.41) is 2.25. The summed E-state index contributed by atoms with van der Waals surface area (Å²) in [6.45, 7) is 0.561. The van der Waals surface area contributed by atoms with Gasteiger partial charge in [0.25, 0.3) is 0 Å². The van der Waals surface area contributed by atoms with Crippen LogP contribution >= 0.6 is 0 Å². The number of nitrogens with one attached hydrogen (secondary N) is 1. The molecule has 14 heavy (non-hydrogen) atoms. The minimum Gasteiger partial charge on any atom is -0.340 e. The van der Waals surface area contributed by atoms with E-state index in [2.05, 4.69) is 5.32 Å². The zero-order chi connectivity index (χ0) is 10.3. The molecular weight excluding hydrogens is 186 g/mol. The minimum atomic E-state index is -0.363. The lowest BCUT2D eigenvalue weighted by atomic mass is 10.00. The van der Waals surface area contributed by atoms with Crippen LogP contribution in [0.5, 0.6) is 0 Å². The standard InChI is InChI=1S/C8H11N3O3/c9-1-6(12)11-2-4-5(3-11)8(14)10-7(4)13/h4-5H,1-3,9H2,(H,10,13,14)/t4-,5-/m1/s1. The molecule has 0 aromatic carbocycles. The normalized spacial score (nSPS) is 30.5. The van der Waals surface area contributed by atoms with Crippen molar-refractivity contribution in [3.63, 3.8) is 0 Å². The Labute approximate surface area is 80.4 Å². The number of imide groups is 1. The average molecular weight is 197 g/mol. The molecule has 3 amide bonds. The first-order chi connectivity index (χ1) is 6.63. The third-order valence-electron chi connectivity index (χ3n) is 2.77. The number of likely N-dealkylation sites (tertiary alicyclic amines) is 1. The number of amides is 3. The molecule has 0 aromatic rings. The zero-order valence-corrected chi connectivity index (χ0v) is 7.53. The van der Waals surface area contributed by atoms with Gasteiger partial charge in [-0.05, 0) is 0 Å². The van der Waals surface area contributed by atoms with E-state index >= 15 is 0 Å². The molecule has 2 saturated heterocycles. The second-order valence-corrected chi connectivity index (χ2v) is 3.57. The van der Waals surface area contributed by atoms with Crippen LogP contribution in [-0.2, 0) is 14.4 Å². The van der Waals surface area contributed by atoms with E-state index in [1.807, 2.05) is 0 Å². The highest BCUT2D eigenvalue weighted by atomic mass is 16.2. The Hall–Kier alpha value is -1.43. The fourth-order valence-electron chi connectivity index (χ4n) is 1.97. The SMILES string of the molecule is NCC(=O)N1C[C@H]2C(=O)NC(=O)[C@@H]2C1. The van der Waals surface area contributed by atoms with Crippen LogP contribution in [0.25, 0.3) is 0 Å². The van der Waals surface area contributed by atoms with Gasteiger partial charge in [0.15, 0.2) is 0 Å². The molecule has 2 atom stereocenters. The van der Waals surface area contributed by atoms with Crippen molar-refractivity contribution >= 4 is 17.7 Å². The predicted molar refractivity (Wildman–Crippen MR) is 45.8 cm³/mol. The zero-order valence-electron chi connectivity index (χ0n) is 7.53. The monoisotopic (exact) mass is 197 g/mol. The summed E-state index contributed by atoms with van der Waals surface area (Å²) in [5.74, 6) is -1.48. The molecule has 6 heteroatoms. The first-order valence-corrected chi connectivity index (χ1v) is 4.46. The van der Waals surface area contributed by atoms with Crippen molar-refractivity contribution in [1.29, 1.82) is 0 Å². The largest absolute Gasteiger partial charge is 0.340 e. The maximum Gasteiger partial charge on any atom is 0.236 e. The second-order valence-electron chi connectivity index (χ2n) is 3.57. The van der Waals surface area contributed by atoms with Gasteiger partial charge in [-0.1, -0.05) is 0 Å². The van der Waals surface area contributed by atoms with Crippen molar-refractivity contribution in [2.75, 3.05) is 19.6 Å². The van der Waals surface area contributed by atoms with Crippen LogP contribution in [0.1, 0.15) is 0 Å². The van der Waals surface area contributed by atoms with Crippen LogP contribution in [0.4, 0.5) is 0 Å². The van der Waals surface area contributed by atoms with Crippen LogP contribution in [0, 0.1) is 11.8 Å². The van der Waals surface area contributed by atoms with Gasteiger partial charge in [-0.3, -0.25) is 19.7 Å². The number of hydrogen-bond donors (Lipinski definition) is 2. The fourth-order valence-corrected chi connectivity index (χ4v) is 1.97. The minimum absolute atomic E-state index is 0.0742. The van der Waals surface area contributed by atoms with Gasteiger partial charge < -0.3 is 10.6 Å². The molecule has 0 bridgehead atoms. The molecule has 2 heterocycles. The lowest BCUT2D eigenvalue weighted by Crippen LogP contribution is -2.38. The second kappa shape index (κ2) is 3.06. The van der Waals surface area contributed by atoms with Crippen molar-refractivity contribution < 1.29 is 14.4 Å². The van der Waals surface area contributed by atoms with E-state index in [9.17, 15) is 14.4 Å². The molecule has 2 aliphatic heterocycles. The summed E-state index contributed by atoms with van der Waals surface area (Å²) < 4.78 is 0. The Kier molecular flexibility index (Phi) is 1.99. The molecule has 0 unspecified atom stereocenters. The lowest BCUT2D eigenvalue weighted by Gasteiger charge is -2.15. The molecule has 0 saturated carbocycles. The van der Waals surface area contributed by atoms with Gasteiger partial charge in [0.1, 0.15) is 0 Å².